The maximum absolute atomic E-state index is 12.6. The van der Waals surface area contributed by atoms with Crippen LogP contribution in [-0.4, -0.2) is 33.0 Å². The van der Waals surface area contributed by atoms with Gasteiger partial charge in [0, 0.05) is 12.6 Å². The average Bonchev–Trinajstić information content (AvgIpc) is 2.83. The van der Waals surface area contributed by atoms with Gasteiger partial charge in [0.2, 0.25) is 10.0 Å². The molecule has 2 aliphatic rings. The number of hydrogen-bond donors (Lipinski definition) is 2. The third-order valence-electron chi connectivity index (χ3n) is 7.19. The Bertz CT molecular complexity index is 1070. The van der Waals surface area contributed by atoms with E-state index in [1.807, 2.05) is 0 Å². The van der Waals surface area contributed by atoms with Gasteiger partial charge in [-0.25, -0.2) is 13.1 Å². The van der Waals surface area contributed by atoms with E-state index in [0.717, 1.165) is 45.2 Å². The zero-order valence-corrected chi connectivity index (χ0v) is 21.0. The quantitative estimate of drug-likeness (QED) is 0.384. The Labute approximate surface area is 208 Å². The molecule has 1 saturated carbocycles. The number of aryl methyl sites for hydroxylation is 1. The van der Waals surface area contributed by atoms with Crippen LogP contribution in [0, 0.1) is 27.9 Å². The van der Waals surface area contributed by atoms with Gasteiger partial charge in [0.1, 0.15) is 0 Å². The number of nitro benzene ring substituents is 1. The summed E-state index contributed by atoms with van der Waals surface area (Å²) in [5.41, 5.74) is 2.62. The van der Waals surface area contributed by atoms with Crippen molar-refractivity contribution in [3.8, 4) is 0 Å². The summed E-state index contributed by atoms with van der Waals surface area (Å²) in [4.78, 5) is 10.2. The van der Waals surface area contributed by atoms with Gasteiger partial charge < -0.3 is 5.32 Å². The molecule has 2 N–H and O–H groups in total. The van der Waals surface area contributed by atoms with Crippen molar-refractivity contribution in [1.29, 1.82) is 0 Å². The van der Waals surface area contributed by atoms with E-state index in [0.29, 0.717) is 18.4 Å². The summed E-state index contributed by atoms with van der Waals surface area (Å²) in [5.74, 6) is 1.60. The van der Waals surface area contributed by atoms with Gasteiger partial charge in [0.05, 0.1) is 4.92 Å². The highest BCUT2D eigenvalue weighted by molar-refractivity contribution is 7.89. The lowest BCUT2D eigenvalue weighted by atomic mass is 9.81. The first-order valence-corrected chi connectivity index (χ1v) is 13.4. The van der Waals surface area contributed by atoms with Crippen molar-refractivity contribution >= 4 is 28.1 Å². The fourth-order valence-corrected chi connectivity index (χ4v) is 6.51. The van der Waals surface area contributed by atoms with Crippen LogP contribution in [0.2, 0.25) is 0 Å². The van der Waals surface area contributed by atoms with E-state index in [4.69, 9.17) is 0 Å². The molecule has 0 saturated heterocycles. The van der Waals surface area contributed by atoms with Gasteiger partial charge in [0.15, 0.2) is 4.90 Å². The van der Waals surface area contributed by atoms with Crippen LogP contribution >= 0.6 is 12.4 Å². The molecule has 2 aromatic rings. The van der Waals surface area contributed by atoms with Crippen LogP contribution < -0.4 is 10.0 Å². The number of hydrogen-bond acceptors (Lipinski definition) is 5. The standard InChI is InChI=1S/C25H33N3O4S.ClH/c29-28(30)24-7-3-4-8-25(24)33(31,32)27-18-20-11-9-19(10-12-20)16-26-17-21-13-14-22-5-1-2-6-23(22)15-21;/h1-8,19-21,26-27H,9-18H2;1H/t19?,20?,21-;/m0./s1. The number of nitro groups is 1. The monoisotopic (exact) mass is 507 g/mol. The van der Waals surface area contributed by atoms with Gasteiger partial charge in [-0.2, -0.15) is 0 Å². The molecular formula is C25H34ClN3O4S. The Morgan fingerprint density at radius 3 is 2.12 bits per heavy atom. The molecule has 0 aliphatic heterocycles. The molecule has 0 unspecified atom stereocenters. The molecule has 4 rings (SSSR count). The molecule has 186 valence electrons. The molecular weight excluding hydrogens is 474 g/mol. The van der Waals surface area contributed by atoms with E-state index in [1.165, 1.54) is 48.2 Å². The highest BCUT2D eigenvalue weighted by Crippen LogP contribution is 2.30. The molecule has 2 aromatic carbocycles. The molecule has 1 fully saturated rings. The maximum Gasteiger partial charge on any atom is 0.289 e. The third-order valence-corrected chi connectivity index (χ3v) is 8.67. The fraction of sp³-hybridized carbons (Fsp3) is 0.520. The number of benzene rings is 2. The molecule has 7 nitrogen and oxygen atoms in total. The van der Waals surface area contributed by atoms with Crippen molar-refractivity contribution < 1.29 is 13.3 Å². The lowest BCUT2D eigenvalue weighted by molar-refractivity contribution is -0.387. The van der Waals surface area contributed by atoms with Gasteiger partial charge in [0.25, 0.3) is 5.69 Å². The molecule has 0 bridgehead atoms. The summed E-state index contributed by atoms with van der Waals surface area (Å²) >= 11 is 0. The number of halogens is 1. The fourth-order valence-electron chi connectivity index (χ4n) is 5.22. The topological polar surface area (TPSA) is 101 Å². The Balaban J connectivity index is 0.00000324. The van der Waals surface area contributed by atoms with Crippen molar-refractivity contribution in [3.63, 3.8) is 0 Å². The number of nitrogens with zero attached hydrogens (tertiary/aromatic N) is 1. The van der Waals surface area contributed by atoms with E-state index in [-0.39, 0.29) is 28.9 Å². The SMILES string of the molecule is Cl.O=[N+]([O-])c1ccccc1S(=O)(=O)NCC1CCC(CNC[C@H]2CCc3ccccc3C2)CC1. The second-order valence-electron chi connectivity index (χ2n) is 9.50. The molecule has 2 aliphatic carbocycles. The average molecular weight is 508 g/mol. The number of nitrogens with one attached hydrogen (secondary N) is 2. The predicted molar refractivity (Wildman–Crippen MR) is 136 cm³/mol. The van der Waals surface area contributed by atoms with Crippen LogP contribution in [0.25, 0.3) is 0 Å². The summed E-state index contributed by atoms with van der Waals surface area (Å²) < 4.78 is 27.8. The summed E-state index contributed by atoms with van der Waals surface area (Å²) in [6.45, 7) is 2.41. The zero-order valence-electron chi connectivity index (χ0n) is 19.3. The molecule has 34 heavy (non-hydrogen) atoms. The van der Waals surface area contributed by atoms with Crippen LogP contribution in [0.3, 0.4) is 0 Å². The lowest BCUT2D eigenvalue weighted by Crippen LogP contribution is -2.35. The van der Waals surface area contributed by atoms with Gasteiger partial charge in [-0.3, -0.25) is 10.1 Å². The molecule has 0 amide bonds. The zero-order chi connectivity index (χ0) is 23.3. The highest BCUT2D eigenvalue weighted by atomic mass is 35.5. The predicted octanol–water partition coefficient (Wildman–Crippen LogP) is 4.50. The van der Waals surface area contributed by atoms with Gasteiger partial charge in [-0.05, 0) is 93.0 Å². The van der Waals surface area contributed by atoms with E-state index in [1.54, 1.807) is 0 Å². The first kappa shape index (κ1) is 26.6. The molecule has 0 heterocycles. The second kappa shape index (κ2) is 12.1. The summed E-state index contributed by atoms with van der Waals surface area (Å²) in [5, 5.41) is 14.8. The van der Waals surface area contributed by atoms with Gasteiger partial charge >= 0.3 is 0 Å². The second-order valence-corrected chi connectivity index (χ2v) is 11.2. The Kier molecular flexibility index (Phi) is 9.47. The number of para-hydroxylation sites is 1. The van der Waals surface area contributed by atoms with Gasteiger partial charge in [-0.1, -0.05) is 36.4 Å². The number of rotatable bonds is 9. The van der Waals surface area contributed by atoms with Gasteiger partial charge in [-0.15, -0.1) is 12.4 Å². The van der Waals surface area contributed by atoms with E-state index in [2.05, 4.69) is 34.3 Å². The summed E-state index contributed by atoms with van der Waals surface area (Å²) in [6, 6.07) is 14.3. The first-order chi connectivity index (χ1) is 15.9. The Morgan fingerprint density at radius 2 is 1.41 bits per heavy atom. The Hall–Kier alpha value is -2.00. The largest absolute Gasteiger partial charge is 0.316 e. The summed E-state index contributed by atoms with van der Waals surface area (Å²) in [6.07, 6.45) is 7.70. The molecule has 9 heteroatoms. The normalized spacial score (nSPS) is 22.4. The minimum atomic E-state index is -3.90. The highest BCUT2D eigenvalue weighted by Gasteiger charge is 2.27. The van der Waals surface area contributed by atoms with Crippen molar-refractivity contribution in [2.24, 2.45) is 17.8 Å². The van der Waals surface area contributed by atoms with E-state index in [9.17, 15) is 18.5 Å². The lowest BCUT2D eigenvalue weighted by Gasteiger charge is -2.30. The Morgan fingerprint density at radius 1 is 0.824 bits per heavy atom. The van der Waals surface area contributed by atoms with Crippen LogP contribution in [0.5, 0.6) is 0 Å². The molecule has 0 spiro atoms. The van der Waals surface area contributed by atoms with Crippen molar-refractivity contribution in [2.75, 3.05) is 19.6 Å². The molecule has 0 radical (unpaired) electrons. The minimum Gasteiger partial charge on any atom is -0.316 e. The van der Waals surface area contributed by atoms with E-state index < -0.39 is 14.9 Å². The van der Waals surface area contributed by atoms with Crippen LogP contribution in [-0.2, 0) is 22.9 Å². The minimum absolute atomic E-state index is 0. The van der Waals surface area contributed by atoms with Crippen LogP contribution in [0.4, 0.5) is 5.69 Å². The van der Waals surface area contributed by atoms with Crippen molar-refractivity contribution in [3.05, 3.63) is 69.8 Å². The maximum atomic E-state index is 12.6. The smallest absolute Gasteiger partial charge is 0.289 e. The number of fused-ring (bicyclic) bond motifs is 1. The van der Waals surface area contributed by atoms with Crippen molar-refractivity contribution in [1.82, 2.24) is 10.0 Å². The van der Waals surface area contributed by atoms with E-state index >= 15 is 0 Å². The van der Waals surface area contributed by atoms with Crippen LogP contribution in [0.15, 0.2) is 53.4 Å². The first-order valence-electron chi connectivity index (χ1n) is 11.9. The molecule has 1 atom stereocenters. The molecule has 0 aromatic heterocycles. The third kappa shape index (κ3) is 6.78. The summed E-state index contributed by atoms with van der Waals surface area (Å²) in [7, 11) is -3.90. The van der Waals surface area contributed by atoms with Crippen molar-refractivity contribution in [2.45, 2.75) is 49.8 Å². The number of sulfonamides is 1. The van der Waals surface area contributed by atoms with Crippen LogP contribution in [0.1, 0.15) is 43.2 Å².